The van der Waals surface area contributed by atoms with Crippen molar-refractivity contribution in [1.82, 2.24) is 14.8 Å². The van der Waals surface area contributed by atoms with Crippen LogP contribution in [0, 0.1) is 0 Å². The molecule has 220 valence electrons. The van der Waals surface area contributed by atoms with Crippen LogP contribution in [-0.2, 0) is 9.53 Å². The Morgan fingerprint density at radius 3 is 2.24 bits per heavy atom. The minimum Gasteiger partial charge on any atom is -0.497 e. The van der Waals surface area contributed by atoms with Gasteiger partial charge in [0.1, 0.15) is 18.0 Å². The predicted molar refractivity (Wildman–Crippen MR) is 161 cm³/mol. The molecule has 1 atom stereocenters. The second kappa shape index (κ2) is 13.8. The molecule has 0 saturated carbocycles. The first-order valence-corrected chi connectivity index (χ1v) is 14.4. The molecule has 1 unspecified atom stereocenters. The molecule has 1 saturated heterocycles. The smallest absolute Gasteiger partial charge is 0.262 e. The van der Waals surface area contributed by atoms with Crippen LogP contribution in [0.4, 0.5) is 0 Å². The summed E-state index contributed by atoms with van der Waals surface area (Å²) in [4.78, 5) is 31.6. The Morgan fingerprint density at radius 1 is 0.952 bits per heavy atom. The minimum atomic E-state index is -0.336. The zero-order chi connectivity index (χ0) is 29.5. The van der Waals surface area contributed by atoms with E-state index in [0.29, 0.717) is 43.3 Å². The highest BCUT2D eigenvalue weighted by Crippen LogP contribution is 2.34. The lowest BCUT2D eigenvalue weighted by atomic mass is 9.98. The number of hydrazone groups is 1. The molecule has 0 N–H and O–H groups in total. The molecule has 1 fully saturated rings. The van der Waals surface area contributed by atoms with Crippen LogP contribution >= 0.6 is 11.6 Å². The highest BCUT2D eigenvalue weighted by atomic mass is 35.5. The van der Waals surface area contributed by atoms with E-state index in [1.807, 2.05) is 48.5 Å². The van der Waals surface area contributed by atoms with E-state index in [1.165, 1.54) is 5.01 Å². The van der Waals surface area contributed by atoms with Crippen LogP contribution in [0.2, 0.25) is 5.02 Å². The number of morpholine rings is 1. The molecule has 9 nitrogen and oxygen atoms in total. The van der Waals surface area contributed by atoms with Gasteiger partial charge in [0.15, 0.2) is 0 Å². The van der Waals surface area contributed by atoms with Crippen LogP contribution in [0.25, 0.3) is 0 Å². The average Bonchev–Trinajstić information content (AvgIpc) is 3.49. The molecule has 0 spiro atoms. The van der Waals surface area contributed by atoms with Crippen LogP contribution in [0.15, 0.2) is 77.9 Å². The summed E-state index contributed by atoms with van der Waals surface area (Å²) in [5.74, 6) is 0.903. The van der Waals surface area contributed by atoms with E-state index in [1.54, 1.807) is 43.4 Å². The van der Waals surface area contributed by atoms with Crippen molar-refractivity contribution in [3.63, 3.8) is 0 Å². The molecule has 2 amide bonds. The van der Waals surface area contributed by atoms with Crippen LogP contribution in [0.1, 0.15) is 33.9 Å². The van der Waals surface area contributed by atoms with Gasteiger partial charge >= 0.3 is 0 Å². The van der Waals surface area contributed by atoms with E-state index in [9.17, 15) is 9.59 Å². The molecule has 3 aromatic rings. The zero-order valence-corrected chi connectivity index (χ0v) is 24.6. The topological polar surface area (TPSA) is 83.9 Å². The minimum absolute atomic E-state index is 0.138. The second-order valence-electron chi connectivity index (χ2n) is 10.2. The van der Waals surface area contributed by atoms with Crippen molar-refractivity contribution < 1.29 is 23.8 Å². The lowest BCUT2D eigenvalue weighted by Gasteiger charge is -2.31. The Hall–Kier alpha value is -3.92. The first-order chi connectivity index (χ1) is 20.5. The number of ether oxygens (including phenoxy) is 3. The van der Waals surface area contributed by atoms with Crippen LogP contribution < -0.4 is 9.47 Å². The Kier molecular flexibility index (Phi) is 9.74. The van der Waals surface area contributed by atoms with Gasteiger partial charge in [0.2, 0.25) is 0 Å². The fraction of sp³-hybridized carbons (Fsp3) is 0.344. The molecule has 10 heteroatoms. The molecular weight excluding hydrogens is 556 g/mol. The normalized spacial score (nSPS) is 17.1. The zero-order valence-electron chi connectivity index (χ0n) is 23.9. The molecule has 5 rings (SSSR count). The van der Waals surface area contributed by atoms with Crippen molar-refractivity contribution in [2.24, 2.45) is 5.10 Å². The summed E-state index contributed by atoms with van der Waals surface area (Å²) in [6.07, 6.45) is 0.524. The molecule has 42 heavy (non-hydrogen) atoms. The quantitative estimate of drug-likeness (QED) is 0.346. The summed E-state index contributed by atoms with van der Waals surface area (Å²) < 4.78 is 16.1. The van der Waals surface area contributed by atoms with E-state index in [-0.39, 0.29) is 24.4 Å². The molecule has 3 aromatic carbocycles. The van der Waals surface area contributed by atoms with Crippen LogP contribution in [0.3, 0.4) is 0 Å². The van der Waals surface area contributed by atoms with Gasteiger partial charge in [0, 0.05) is 32.6 Å². The van der Waals surface area contributed by atoms with E-state index >= 15 is 0 Å². The highest BCUT2D eigenvalue weighted by Gasteiger charge is 2.35. The van der Waals surface area contributed by atoms with Crippen molar-refractivity contribution in [1.29, 1.82) is 0 Å². The van der Waals surface area contributed by atoms with Crippen molar-refractivity contribution in [2.45, 2.75) is 12.5 Å². The van der Waals surface area contributed by atoms with Gasteiger partial charge in [-0.3, -0.25) is 14.5 Å². The Morgan fingerprint density at radius 2 is 1.60 bits per heavy atom. The summed E-state index contributed by atoms with van der Waals surface area (Å²) in [5.41, 5.74) is 2.98. The van der Waals surface area contributed by atoms with E-state index in [4.69, 9.17) is 30.9 Å². The number of halogens is 1. The third-order valence-electron chi connectivity index (χ3n) is 7.60. The Balaban J connectivity index is 1.42. The first-order valence-electron chi connectivity index (χ1n) is 14.0. The van der Waals surface area contributed by atoms with Crippen molar-refractivity contribution in [2.75, 3.05) is 60.2 Å². The second-order valence-corrected chi connectivity index (χ2v) is 10.6. The number of nitrogens with zero attached hydrogens (tertiary/aromatic N) is 4. The largest absolute Gasteiger partial charge is 0.497 e. The number of rotatable bonds is 10. The highest BCUT2D eigenvalue weighted by molar-refractivity contribution is 6.33. The molecule has 0 radical (unpaired) electrons. The van der Waals surface area contributed by atoms with Gasteiger partial charge in [-0.25, -0.2) is 5.01 Å². The summed E-state index contributed by atoms with van der Waals surface area (Å²) >= 11 is 6.40. The molecular formula is C32H35ClN4O5. The molecule has 0 aliphatic carbocycles. The maximum atomic E-state index is 14.0. The number of methoxy groups -OCH3 is 2. The molecule has 2 heterocycles. The third kappa shape index (κ3) is 6.92. The number of carbonyl (C=O) groups excluding carboxylic acids is 2. The fourth-order valence-corrected chi connectivity index (χ4v) is 5.38. The first kappa shape index (κ1) is 29.6. The number of hydrogen-bond acceptors (Lipinski definition) is 7. The lowest BCUT2D eigenvalue weighted by Crippen LogP contribution is -2.46. The summed E-state index contributed by atoms with van der Waals surface area (Å²) in [6, 6.07) is 21.8. The SMILES string of the molecule is COc1ccc(C2=NN(C(=O)CN(CCN3CCOCC3)C(=O)c3ccccc3Cl)C(c3ccc(OC)cc3)C2)cc1. The maximum Gasteiger partial charge on any atom is 0.262 e. The van der Waals surface area contributed by atoms with Gasteiger partial charge in [-0.1, -0.05) is 35.9 Å². The predicted octanol–water partition coefficient (Wildman–Crippen LogP) is 4.51. The van der Waals surface area contributed by atoms with Crippen molar-refractivity contribution in [3.8, 4) is 11.5 Å². The van der Waals surface area contributed by atoms with Gasteiger partial charge in [-0.2, -0.15) is 5.10 Å². The van der Waals surface area contributed by atoms with Crippen molar-refractivity contribution in [3.05, 3.63) is 94.5 Å². The summed E-state index contributed by atoms with van der Waals surface area (Å²) in [5, 5.41) is 6.67. The fourth-order valence-electron chi connectivity index (χ4n) is 5.16. The van der Waals surface area contributed by atoms with Crippen molar-refractivity contribution >= 4 is 29.1 Å². The number of benzene rings is 3. The van der Waals surface area contributed by atoms with Gasteiger partial charge in [0.05, 0.1) is 49.8 Å². The van der Waals surface area contributed by atoms with Gasteiger partial charge in [0.25, 0.3) is 11.8 Å². The molecule has 2 aliphatic heterocycles. The summed E-state index contributed by atoms with van der Waals surface area (Å²) in [7, 11) is 3.24. The van der Waals surface area contributed by atoms with Gasteiger partial charge in [-0.05, 0) is 59.7 Å². The number of hydrogen-bond donors (Lipinski definition) is 0. The van der Waals surface area contributed by atoms with Gasteiger partial charge in [-0.15, -0.1) is 0 Å². The van der Waals surface area contributed by atoms with Crippen LogP contribution in [0.5, 0.6) is 11.5 Å². The van der Waals surface area contributed by atoms with E-state index < -0.39 is 0 Å². The molecule has 0 bridgehead atoms. The van der Waals surface area contributed by atoms with E-state index in [2.05, 4.69) is 4.90 Å². The molecule has 0 aromatic heterocycles. The van der Waals surface area contributed by atoms with E-state index in [0.717, 1.165) is 41.4 Å². The molecule has 2 aliphatic rings. The van der Waals surface area contributed by atoms with Gasteiger partial charge < -0.3 is 19.1 Å². The standard InChI is InChI=1S/C32H35ClN4O5/c1-40-25-11-7-23(8-12-25)29-21-30(24-9-13-26(41-2)14-10-24)37(34-29)31(38)22-36(16-15-35-17-19-42-20-18-35)32(39)27-5-3-4-6-28(27)33/h3-14,30H,15-22H2,1-2H3. The van der Waals surface area contributed by atoms with Crippen LogP contribution in [-0.4, -0.2) is 92.5 Å². The monoisotopic (exact) mass is 590 g/mol. The Labute approximate surface area is 251 Å². The lowest BCUT2D eigenvalue weighted by molar-refractivity contribution is -0.133. The average molecular weight is 591 g/mol. The summed E-state index contributed by atoms with van der Waals surface area (Å²) in [6.45, 7) is 3.71. The number of carbonyl (C=O) groups is 2. The Bertz CT molecular complexity index is 1410. The maximum absolute atomic E-state index is 14.0. The number of amides is 2. The third-order valence-corrected chi connectivity index (χ3v) is 7.93.